The Balaban J connectivity index is 2.20. The van der Waals surface area contributed by atoms with E-state index in [1.54, 1.807) is 26.8 Å². The molecule has 9 atom stereocenters. The van der Waals surface area contributed by atoms with Crippen molar-refractivity contribution in [3.8, 4) is 0 Å². The van der Waals surface area contributed by atoms with Crippen LogP contribution in [0.5, 0.6) is 0 Å². The van der Waals surface area contributed by atoms with E-state index in [0.717, 1.165) is 21.0 Å². The number of epoxide rings is 1. The second-order valence-corrected chi connectivity index (χ2v) is 10.4. The molecule has 12 nitrogen and oxygen atoms in total. The van der Waals surface area contributed by atoms with Gasteiger partial charge in [-0.25, -0.2) is 14.4 Å². The maximum Gasteiger partial charge on any atom is 0.342 e. The molecule has 2 heterocycles. The van der Waals surface area contributed by atoms with Crippen molar-refractivity contribution in [1.82, 2.24) is 0 Å². The molecule has 2 aliphatic heterocycles. The Morgan fingerprint density at radius 1 is 1.15 bits per heavy atom. The molecule has 40 heavy (non-hydrogen) atoms. The minimum Gasteiger partial charge on any atom is -0.466 e. The Labute approximate surface area is 232 Å². The summed E-state index contributed by atoms with van der Waals surface area (Å²) in [6.45, 7) is 12.4. The SMILES string of the molecule is C=C1C(=O)O[C@@H]2/C=C(\C)[C@@H]3O[C@H]3/C=C(/C(=O)OC)[C@H](OC(=O)[C@H](C)CC)[C@@H](OC(=O)[C@](C)(O)[C@H](C)OC(C)=O)[C@H]12. The fourth-order valence-electron chi connectivity index (χ4n) is 4.49. The molecule has 0 aromatic heterocycles. The molecule has 220 valence electrons. The van der Waals surface area contributed by atoms with Gasteiger partial charge in [0.2, 0.25) is 0 Å². The van der Waals surface area contributed by atoms with Gasteiger partial charge in [0, 0.05) is 12.5 Å². The fraction of sp³-hybridized carbons (Fsp3) is 0.607. The summed E-state index contributed by atoms with van der Waals surface area (Å²) in [4.78, 5) is 63.8. The van der Waals surface area contributed by atoms with E-state index in [1.807, 2.05) is 0 Å². The van der Waals surface area contributed by atoms with Crippen molar-refractivity contribution >= 4 is 29.8 Å². The molecule has 3 aliphatic rings. The van der Waals surface area contributed by atoms with Gasteiger partial charge in [0.1, 0.15) is 24.4 Å². The van der Waals surface area contributed by atoms with Crippen LogP contribution in [-0.4, -0.2) is 84.3 Å². The maximum atomic E-state index is 13.5. The van der Waals surface area contributed by atoms with Gasteiger partial charge in [0.15, 0.2) is 17.8 Å². The van der Waals surface area contributed by atoms with E-state index in [0.29, 0.717) is 12.0 Å². The van der Waals surface area contributed by atoms with Crippen LogP contribution in [0.4, 0.5) is 0 Å². The first-order valence-corrected chi connectivity index (χ1v) is 13.0. The predicted molar refractivity (Wildman–Crippen MR) is 136 cm³/mol. The highest BCUT2D eigenvalue weighted by Gasteiger charge is 2.54. The number of esters is 5. The van der Waals surface area contributed by atoms with E-state index >= 15 is 0 Å². The summed E-state index contributed by atoms with van der Waals surface area (Å²) in [5.74, 6) is -6.18. The van der Waals surface area contributed by atoms with Crippen LogP contribution in [0.1, 0.15) is 48.0 Å². The van der Waals surface area contributed by atoms with Gasteiger partial charge in [-0.3, -0.25) is 9.59 Å². The zero-order chi connectivity index (χ0) is 30.1. The fourth-order valence-corrected chi connectivity index (χ4v) is 4.49. The lowest BCUT2D eigenvalue weighted by atomic mass is 9.83. The summed E-state index contributed by atoms with van der Waals surface area (Å²) in [6, 6.07) is 0. The van der Waals surface area contributed by atoms with E-state index in [-0.39, 0.29) is 11.1 Å². The van der Waals surface area contributed by atoms with E-state index in [9.17, 15) is 29.1 Å². The normalized spacial score (nSPS) is 33.1. The smallest absolute Gasteiger partial charge is 0.342 e. The quantitative estimate of drug-likeness (QED) is 0.149. The number of methoxy groups -OCH3 is 1. The minimum atomic E-state index is -2.38. The summed E-state index contributed by atoms with van der Waals surface area (Å²) >= 11 is 0. The first-order chi connectivity index (χ1) is 18.6. The number of fused-ring (bicyclic) bond motifs is 2. The molecule has 0 spiro atoms. The summed E-state index contributed by atoms with van der Waals surface area (Å²) < 4.78 is 32.8. The topological polar surface area (TPSA) is 164 Å². The van der Waals surface area contributed by atoms with Crippen LogP contribution in [0.15, 0.2) is 35.5 Å². The van der Waals surface area contributed by atoms with Gasteiger partial charge < -0.3 is 33.5 Å². The molecule has 0 amide bonds. The van der Waals surface area contributed by atoms with Gasteiger partial charge in [-0.1, -0.05) is 20.4 Å². The number of hydrogen-bond acceptors (Lipinski definition) is 12. The molecule has 12 heteroatoms. The molecule has 1 aliphatic carbocycles. The molecule has 0 unspecified atom stereocenters. The van der Waals surface area contributed by atoms with Crippen molar-refractivity contribution in [3.63, 3.8) is 0 Å². The molecular formula is C28H36O12. The van der Waals surface area contributed by atoms with E-state index < -0.39 is 83.9 Å². The van der Waals surface area contributed by atoms with E-state index in [1.165, 1.54) is 13.0 Å². The van der Waals surface area contributed by atoms with E-state index in [4.69, 9.17) is 28.4 Å². The van der Waals surface area contributed by atoms with Gasteiger partial charge >= 0.3 is 29.8 Å². The van der Waals surface area contributed by atoms with Crippen LogP contribution in [0.2, 0.25) is 0 Å². The highest BCUT2D eigenvalue weighted by atomic mass is 16.6. The van der Waals surface area contributed by atoms with Gasteiger partial charge in [-0.15, -0.1) is 0 Å². The third kappa shape index (κ3) is 6.28. The van der Waals surface area contributed by atoms with Crippen molar-refractivity contribution in [3.05, 3.63) is 35.5 Å². The molecule has 2 saturated heterocycles. The van der Waals surface area contributed by atoms with Crippen molar-refractivity contribution < 1.29 is 57.5 Å². The second-order valence-electron chi connectivity index (χ2n) is 10.4. The predicted octanol–water partition coefficient (Wildman–Crippen LogP) is 1.48. The third-order valence-corrected chi connectivity index (χ3v) is 7.44. The highest BCUT2D eigenvalue weighted by Crippen LogP contribution is 2.41. The molecular weight excluding hydrogens is 528 g/mol. The van der Waals surface area contributed by atoms with Crippen LogP contribution < -0.4 is 0 Å². The number of ether oxygens (including phenoxy) is 6. The minimum absolute atomic E-state index is 0.109. The van der Waals surface area contributed by atoms with Crippen LogP contribution >= 0.6 is 0 Å². The van der Waals surface area contributed by atoms with Crippen molar-refractivity contribution in [2.75, 3.05) is 7.11 Å². The molecule has 3 rings (SSSR count). The van der Waals surface area contributed by atoms with Crippen molar-refractivity contribution in [1.29, 1.82) is 0 Å². The zero-order valence-corrected chi connectivity index (χ0v) is 23.6. The van der Waals surface area contributed by atoms with Gasteiger partial charge in [-0.2, -0.15) is 0 Å². The van der Waals surface area contributed by atoms with Gasteiger partial charge in [-0.05, 0) is 44.9 Å². The van der Waals surface area contributed by atoms with Crippen molar-refractivity contribution in [2.45, 2.75) is 90.2 Å². The summed E-state index contributed by atoms with van der Waals surface area (Å²) in [7, 11) is 1.13. The lowest BCUT2D eigenvalue weighted by molar-refractivity contribution is -0.197. The lowest BCUT2D eigenvalue weighted by Crippen LogP contribution is -2.53. The zero-order valence-electron chi connectivity index (χ0n) is 23.6. The molecule has 0 aromatic rings. The molecule has 2 fully saturated rings. The first-order valence-electron chi connectivity index (χ1n) is 13.0. The lowest BCUT2D eigenvalue weighted by Gasteiger charge is -2.36. The van der Waals surface area contributed by atoms with E-state index in [2.05, 4.69) is 6.58 Å². The summed E-state index contributed by atoms with van der Waals surface area (Å²) in [5, 5.41) is 11.0. The van der Waals surface area contributed by atoms with Crippen LogP contribution in [0, 0.1) is 11.8 Å². The number of rotatable bonds is 8. The van der Waals surface area contributed by atoms with Crippen LogP contribution in [0.3, 0.4) is 0 Å². The highest BCUT2D eigenvalue weighted by molar-refractivity contribution is 5.93. The summed E-state index contributed by atoms with van der Waals surface area (Å²) in [5.41, 5.74) is -2.00. The molecule has 0 bridgehead atoms. The Morgan fingerprint density at radius 3 is 2.38 bits per heavy atom. The molecule has 0 aromatic carbocycles. The third-order valence-electron chi connectivity index (χ3n) is 7.44. The Hall–Kier alpha value is -3.51. The molecule has 1 N–H and O–H groups in total. The Kier molecular flexibility index (Phi) is 9.25. The number of aliphatic hydroxyl groups is 1. The van der Waals surface area contributed by atoms with Crippen molar-refractivity contribution in [2.24, 2.45) is 11.8 Å². The molecule has 0 saturated carbocycles. The monoisotopic (exact) mass is 564 g/mol. The standard InChI is InChI=1S/C28H36O12/c1-9-12(2)24(30)39-22-17(26(32)35-8)11-19-21(37-19)13(3)10-18-20(14(4)25(31)38-18)23(22)40-27(33)28(7,34)15(5)36-16(6)29/h10-12,15,18-23,34H,4,9H2,1-3,5-8H3/b13-10+,17-11+/t12-,15+,18-,19+,20-,21+,22+,23+,28-/m1/s1. The average Bonchev–Trinajstić information content (AvgIpc) is 3.61. The number of carbonyl (C=O) groups excluding carboxylic acids is 5. The van der Waals surface area contributed by atoms with Gasteiger partial charge in [0.25, 0.3) is 0 Å². The first kappa shape index (κ1) is 31.0. The van der Waals surface area contributed by atoms with Crippen LogP contribution in [0.25, 0.3) is 0 Å². The van der Waals surface area contributed by atoms with Gasteiger partial charge in [0.05, 0.1) is 24.5 Å². The Morgan fingerprint density at radius 2 is 1.80 bits per heavy atom. The summed E-state index contributed by atoms with van der Waals surface area (Å²) in [6.07, 6.45) is -3.22. The maximum absolute atomic E-state index is 13.5. The number of carbonyl (C=O) groups is 5. The number of hydrogen-bond donors (Lipinski definition) is 1. The van der Waals surface area contributed by atoms with Crippen LogP contribution in [-0.2, 0) is 52.4 Å². The molecule has 0 radical (unpaired) electrons. The Bertz CT molecular complexity index is 1150. The second kappa shape index (κ2) is 11.9. The largest absolute Gasteiger partial charge is 0.466 e. The average molecular weight is 565 g/mol.